The van der Waals surface area contributed by atoms with Crippen molar-refractivity contribution in [2.75, 3.05) is 59.5 Å². The molecule has 0 aromatic carbocycles. The number of hydrogen-bond acceptors (Lipinski definition) is 18. The number of carboxylic acid groups (broad SMARTS) is 2. The van der Waals surface area contributed by atoms with Crippen LogP contribution in [0.3, 0.4) is 0 Å². The predicted octanol–water partition coefficient (Wildman–Crippen LogP) is -6.80. The maximum absolute atomic E-state index is 12.6. The van der Waals surface area contributed by atoms with Crippen molar-refractivity contribution in [2.24, 2.45) is 0 Å². The van der Waals surface area contributed by atoms with E-state index in [2.05, 4.69) is 15.6 Å². The van der Waals surface area contributed by atoms with Gasteiger partial charge in [0, 0.05) is 82.3 Å². The van der Waals surface area contributed by atoms with Crippen LogP contribution < -0.4 is 10.6 Å². The summed E-state index contributed by atoms with van der Waals surface area (Å²) in [5, 5.41) is 122. The van der Waals surface area contributed by atoms with Gasteiger partial charge in [-0.1, -0.05) is 6.07 Å². The standard InChI is InChI=1S/C34H58N6O16.Mn/c1-38-9-11-39(21(33(53)54)5-7-27(47)35-13-23(43)29(49)31(51)25(45)17-41)15-19-3-2-4-20(37-19)16-40(12-10-38)22(34(55)56)6-8-28(48)36-14-24(44)30(50)32(52)26(46)18-42;/h2-4,21-26,29-32,41-46,49-52H,5-18H2,1H3,(H,35,47)(H,36,48)(H,53,54)(H,55,56);/t21-,22+,23-,24-,25+,26+,29+,30+,31+,32+;/m0./s1. The van der Waals surface area contributed by atoms with Crippen LogP contribution in [0.5, 0.6) is 0 Å². The Bertz CT molecular complexity index is 1290. The number of rotatable bonds is 22. The molecule has 23 heteroatoms. The molecule has 1 aliphatic heterocycles. The molecule has 327 valence electrons. The number of amides is 2. The third-order valence-corrected chi connectivity index (χ3v) is 9.54. The van der Waals surface area contributed by atoms with Crippen LogP contribution >= 0.6 is 0 Å². The van der Waals surface area contributed by atoms with Gasteiger partial charge in [0.15, 0.2) is 0 Å². The smallest absolute Gasteiger partial charge is 0.320 e. The van der Waals surface area contributed by atoms with Gasteiger partial charge in [-0.05, 0) is 32.0 Å². The van der Waals surface area contributed by atoms with Crippen LogP contribution in [-0.4, -0.2) is 225 Å². The van der Waals surface area contributed by atoms with Crippen LogP contribution in [-0.2, 0) is 49.3 Å². The minimum atomic E-state index is -1.88. The van der Waals surface area contributed by atoms with E-state index in [1.165, 1.54) is 0 Å². The van der Waals surface area contributed by atoms with Gasteiger partial charge in [0.25, 0.3) is 0 Å². The zero-order valence-electron chi connectivity index (χ0n) is 31.6. The van der Waals surface area contributed by atoms with Crippen molar-refractivity contribution < 1.29 is 97.5 Å². The summed E-state index contributed by atoms with van der Waals surface area (Å²) in [5.41, 5.74) is 0.927. The Labute approximate surface area is 339 Å². The van der Waals surface area contributed by atoms with E-state index in [1.54, 1.807) is 35.0 Å². The second kappa shape index (κ2) is 26.2. The molecule has 0 unspecified atom stereocenters. The average molecular weight is 862 g/mol. The van der Waals surface area contributed by atoms with Crippen molar-refractivity contribution >= 4 is 23.8 Å². The molecule has 2 heterocycles. The van der Waals surface area contributed by atoms with Gasteiger partial charge in [-0.25, -0.2) is 0 Å². The van der Waals surface area contributed by atoms with Gasteiger partial charge in [-0.2, -0.15) is 0 Å². The van der Waals surface area contributed by atoms with E-state index < -0.39 is 111 Å². The molecule has 1 radical (unpaired) electrons. The molecule has 10 atom stereocenters. The fourth-order valence-electron chi connectivity index (χ4n) is 5.96. The number of pyridine rings is 1. The second-order valence-electron chi connectivity index (χ2n) is 13.9. The molecular weight excluding hydrogens is 803 g/mol. The van der Waals surface area contributed by atoms with Crippen molar-refractivity contribution in [3.63, 3.8) is 0 Å². The Hall–Kier alpha value is -2.97. The summed E-state index contributed by atoms with van der Waals surface area (Å²) >= 11 is 0. The Morgan fingerprint density at radius 3 is 1.32 bits per heavy atom. The number of carbonyl (C=O) groups excluding carboxylic acids is 2. The third-order valence-electron chi connectivity index (χ3n) is 9.54. The Morgan fingerprint density at radius 2 is 0.982 bits per heavy atom. The molecule has 0 aliphatic carbocycles. The summed E-state index contributed by atoms with van der Waals surface area (Å²) < 4.78 is 0. The monoisotopic (exact) mass is 861 g/mol. The van der Waals surface area contributed by atoms with Gasteiger partial charge in [0.05, 0.1) is 36.8 Å². The topological polar surface area (TPSA) is 358 Å². The molecule has 22 nitrogen and oxygen atoms in total. The number of aliphatic carboxylic acids is 2. The van der Waals surface area contributed by atoms with E-state index >= 15 is 0 Å². The van der Waals surface area contributed by atoms with Gasteiger partial charge in [0.1, 0.15) is 48.7 Å². The number of aliphatic hydroxyl groups excluding tert-OH is 10. The first-order valence-electron chi connectivity index (χ1n) is 18.2. The molecule has 1 aliphatic rings. The molecule has 2 bridgehead atoms. The summed E-state index contributed by atoms with van der Waals surface area (Å²) in [6.07, 6.45) is -15.2. The Kier molecular flexibility index (Phi) is 23.9. The number of nitrogens with one attached hydrogen (secondary N) is 2. The van der Waals surface area contributed by atoms with E-state index in [1.807, 2.05) is 4.90 Å². The molecule has 0 saturated carbocycles. The molecule has 14 N–H and O–H groups in total. The Morgan fingerprint density at radius 1 is 0.632 bits per heavy atom. The quantitative estimate of drug-likeness (QED) is 0.0482. The minimum Gasteiger partial charge on any atom is -0.480 e. The molecule has 0 fully saturated rings. The van der Waals surface area contributed by atoms with Crippen molar-refractivity contribution in [1.29, 1.82) is 0 Å². The average Bonchev–Trinajstić information content (AvgIpc) is 3.17. The van der Waals surface area contributed by atoms with Gasteiger partial charge >= 0.3 is 11.9 Å². The van der Waals surface area contributed by atoms with Crippen molar-refractivity contribution in [1.82, 2.24) is 30.3 Å². The number of fused-ring (bicyclic) bond motifs is 2. The minimum absolute atomic E-state index is 0. The zero-order chi connectivity index (χ0) is 42.1. The second-order valence-corrected chi connectivity index (χ2v) is 13.9. The SMILES string of the molecule is CN1CCN([C@H](CCC(=O)NC[C@H](O)[C@@H](O)[C@H](O)[C@H](O)CO)C(=O)O)Cc2cccc(n2)CN([C@@H](CCC(=O)NC[C@H](O)[C@@H](O)[C@H](O)[C@H](O)CO)C(=O)O)CC1.[Mn]. The fraction of sp³-hybridized carbons (Fsp3) is 0.735. The number of aliphatic hydroxyl groups is 10. The number of aromatic nitrogens is 1. The molecule has 57 heavy (non-hydrogen) atoms. The van der Waals surface area contributed by atoms with Gasteiger partial charge < -0.3 is 76.8 Å². The number of hydrogen-bond donors (Lipinski definition) is 14. The normalized spacial score (nSPS) is 20.1. The third kappa shape index (κ3) is 17.4. The van der Waals surface area contributed by atoms with Crippen LogP contribution in [0.25, 0.3) is 0 Å². The van der Waals surface area contributed by atoms with E-state index in [0.29, 0.717) is 24.5 Å². The first-order chi connectivity index (χ1) is 26.4. The first kappa shape index (κ1) is 52.0. The molecule has 1 aromatic rings. The Balaban J connectivity index is 0.0000162. The van der Waals surface area contributed by atoms with Gasteiger partial charge in [0.2, 0.25) is 11.8 Å². The number of likely N-dealkylation sites (N-methyl/N-ethyl adjacent to an activating group) is 1. The van der Waals surface area contributed by atoms with E-state index in [9.17, 15) is 70.2 Å². The molecule has 2 amide bonds. The molecule has 1 aromatic heterocycles. The summed E-state index contributed by atoms with van der Waals surface area (Å²) in [6.45, 7) is -1.62. The summed E-state index contributed by atoms with van der Waals surface area (Å²) in [5.74, 6) is -3.71. The predicted molar refractivity (Wildman–Crippen MR) is 192 cm³/mol. The van der Waals surface area contributed by atoms with Crippen molar-refractivity contribution in [3.8, 4) is 0 Å². The van der Waals surface area contributed by atoms with E-state index in [-0.39, 0.29) is 68.9 Å². The molecular formula is C34H58MnN6O16. The molecule has 0 spiro atoms. The van der Waals surface area contributed by atoms with E-state index in [0.717, 1.165) is 0 Å². The maximum atomic E-state index is 12.6. The van der Waals surface area contributed by atoms with Gasteiger partial charge in [-0.15, -0.1) is 0 Å². The molecule has 2 rings (SSSR count). The van der Waals surface area contributed by atoms with Gasteiger partial charge in [-0.3, -0.25) is 34.0 Å². The van der Waals surface area contributed by atoms with Crippen LogP contribution in [0.1, 0.15) is 37.1 Å². The summed E-state index contributed by atoms with van der Waals surface area (Å²) in [6, 6.07) is 2.72. The number of carboxylic acids is 2. The van der Waals surface area contributed by atoms with Crippen LogP contribution in [0, 0.1) is 0 Å². The number of nitrogens with zero attached hydrogens (tertiary/aromatic N) is 4. The van der Waals surface area contributed by atoms with Crippen molar-refractivity contribution in [3.05, 3.63) is 29.6 Å². The summed E-state index contributed by atoms with van der Waals surface area (Å²) in [7, 11) is 1.76. The zero-order valence-corrected chi connectivity index (χ0v) is 32.8. The van der Waals surface area contributed by atoms with Crippen LogP contribution in [0.2, 0.25) is 0 Å². The van der Waals surface area contributed by atoms with Crippen LogP contribution in [0.15, 0.2) is 18.2 Å². The maximum Gasteiger partial charge on any atom is 0.320 e. The van der Waals surface area contributed by atoms with Crippen LogP contribution in [0.4, 0.5) is 0 Å². The fourth-order valence-corrected chi connectivity index (χ4v) is 5.96. The number of carbonyl (C=O) groups is 4. The summed E-state index contributed by atoms with van der Waals surface area (Å²) in [4.78, 5) is 60.0. The molecule has 0 saturated heterocycles. The largest absolute Gasteiger partial charge is 0.480 e. The first-order valence-corrected chi connectivity index (χ1v) is 18.2. The van der Waals surface area contributed by atoms with E-state index in [4.69, 9.17) is 10.2 Å². The van der Waals surface area contributed by atoms with Crippen molar-refractivity contribution in [2.45, 2.75) is 99.7 Å².